The van der Waals surface area contributed by atoms with Crippen molar-refractivity contribution in [3.05, 3.63) is 41.1 Å². The Morgan fingerprint density at radius 1 is 1.33 bits per heavy atom. The standard InChI is InChI=1S/C18H24N4O2/c1-4-14-15(5-2)21-22(3)17(14)20-18(23)19-13-10-12-8-6-7-9-16(12)24-11-13/h6-9,13H,4-5,10-11H2,1-3H3,(H2,19,20,23)/t13-/m1/s1. The van der Waals surface area contributed by atoms with Crippen LogP contribution in [-0.2, 0) is 26.3 Å². The summed E-state index contributed by atoms with van der Waals surface area (Å²) in [5, 5.41) is 10.4. The number of urea groups is 1. The maximum atomic E-state index is 12.4. The Bertz CT molecular complexity index is 739. The molecule has 2 amide bonds. The molecule has 2 heterocycles. The second-order valence-corrected chi connectivity index (χ2v) is 6.02. The third kappa shape index (κ3) is 3.22. The van der Waals surface area contributed by atoms with Gasteiger partial charge in [-0.2, -0.15) is 5.10 Å². The zero-order valence-electron chi connectivity index (χ0n) is 14.4. The van der Waals surface area contributed by atoms with E-state index in [0.717, 1.165) is 47.7 Å². The summed E-state index contributed by atoms with van der Waals surface area (Å²) in [6.45, 7) is 4.63. The molecular weight excluding hydrogens is 304 g/mol. The van der Waals surface area contributed by atoms with Crippen molar-refractivity contribution >= 4 is 11.8 Å². The van der Waals surface area contributed by atoms with Crippen molar-refractivity contribution in [1.82, 2.24) is 15.1 Å². The van der Waals surface area contributed by atoms with Crippen LogP contribution < -0.4 is 15.4 Å². The highest BCUT2D eigenvalue weighted by Crippen LogP contribution is 2.24. The van der Waals surface area contributed by atoms with Gasteiger partial charge in [-0.25, -0.2) is 4.79 Å². The predicted molar refractivity (Wildman–Crippen MR) is 93.5 cm³/mol. The molecule has 1 aliphatic rings. The smallest absolute Gasteiger partial charge is 0.320 e. The molecule has 24 heavy (non-hydrogen) atoms. The van der Waals surface area contributed by atoms with E-state index >= 15 is 0 Å². The number of rotatable bonds is 4. The van der Waals surface area contributed by atoms with Crippen LogP contribution in [0.3, 0.4) is 0 Å². The SMILES string of the molecule is CCc1nn(C)c(NC(=O)N[C@H]2COc3ccccc3C2)c1CC. The van der Waals surface area contributed by atoms with Gasteiger partial charge in [-0.3, -0.25) is 10.00 Å². The number of hydrogen-bond donors (Lipinski definition) is 2. The van der Waals surface area contributed by atoms with Crippen LogP contribution >= 0.6 is 0 Å². The minimum Gasteiger partial charge on any atom is -0.491 e. The fourth-order valence-corrected chi connectivity index (χ4v) is 3.19. The zero-order valence-corrected chi connectivity index (χ0v) is 14.4. The Morgan fingerprint density at radius 2 is 2.12 bits per heavy atom. The first-order valence-electron chi connectivity index (χ1n) is 8.45. The molecule has 1 aromatic heterocycles. The lowest BCUT2D eigenvalue weighted by molar-refractivity contribution is 0.222. The maximum absolute atomic E-state index is 12.4. The van der Waals surface area contributed by atoms with E-state index < -0.39 is 0 Å². The lowest BCUT2D eigenvalue weighted by Gasteiger charge is -2.26. The van der Waals surface area contributed by atoms with E-state index in [1.165, 1.54) is 0 Å². The number of ether oxygens (including phenoxy) is 1. The van der Waals surface area contributed by atoms with Crippen LogP contribution in [-0.4, -0.2) is 28.5 Å². The van der Waals surface area contributed by atoms with Gasteiger partial charge in [0.2, 0.25) is 0 Å². The molecule has 1 atom stereocenters. The minimum atomic E-state index is -0.219. The molecule has 0 spiro atoms. The first kappa shape index (κ1) is 16.4. The number of fused-ring (bicyclic) bond motifs is 1. The van der Waals surface area contributed by atoms with Crippen LogP contribution in [0.2, 0.25) is 0 Å². The van der Waals surface area contributed by atoms with Crippen molar-refractivity contribution in [3.8, 4) is 5.75 Å². The number of carbonyl (C=O) groups is 1. The molecular formula is C18H24N4O2. The van der Waals surface area contributed by atoms with Crippen molar-refractivity contribution < 1.29 is 9.53 Å². The number of aryl methyl sites for hydroxylation is 2. The molecule has 0 saturated carbocycles. The van der Waals surface area contributed by atoms with Crippen LogP contribution in [0, 0.1) is 0 Å². The largest absolute Gasteiger partial charge is 0.491 e. The summed E-state index contributed by atoms with van der Waals surface area (Å²) in [5.74, 6) is 1.67. The van der Waals surface area contributed by atoms with Gasteiger partial charge in [0.1, 0.15) is 18.2 Å². The monoisotopic (exact) mass is 328 g/mol. The van der Waals surface area contributed by atoms with E-state index in [0.29, 0.717) is 6.61 Å². The number of amides is 2. The van der Waals surface area contributed by atoms with E-state index in [9.17, 15) is 4.79 Å². The second-order valence-electron chi connectivity index (χ2n) is 6.02. The summed E-state index contributed by atoms with van der Waals surface area (Å²) >= 11 is 0. The summed E-state index contributed by atoms with van der Waals surface area (Å²) in [5.41, 5.74) is 3.25. The average molecular weight is 328 g/mol. The number of aromatic nitrogens is 2. The number of para-hydroxylation sites is 1. The lowest BCUT2D eigenvalue weighted by Crippen LogP contribution is -2.44. The Balaban J connectivity index is 1.66. The number of hydrogen-bond acceptors (Lipinski definition) is 3. The molecule has 1 aliphatic heterocycles. The van der Waals surface area contributed by atoms with Crippen LogP contribution in [0.15, 0.2) is 24.3 Å². The molecule has 0 unspecified atom stereocenters. The Labute approximate surface area is 142 Å². The van der Waals surface area contributed by atoms with E-state index in [1.807, 2.05) is 31.3 Å². The predicted octanol–water partition coefficient (Wildman–Crippen LogP) is 2.67. The van der Waals surface area contributed by atoms with Crippen LogP contribution in [0.4, 0.5) is 10.6 Å². The fourth-order valence-electron chi connectivity index (χ4n) is 3.19. The summed E-state index contributed by atoms with van der Waals surface area (Å²) in [4.78, 5) is 12.4. The molecule has 3 rings (SSSR count). The first-order valence-corrected chi connectivity index (χ1v) is 8.45. The molecule has 0 fully saturated rings. The highest BCUT2D eigenvalue weighted by Gasteiger charge is 2.22. The molecule has 2 aromatic rings. The van der Waals surface area contributed by atoms with Gasteiger partial charge in [-0.15, -0.1) is 0 Å². The van der Waals surface area contributed by atoms with Crippen LogP contribution in [0.5, 0.6) is 5.75 Å². The average Bonchev–Trinajstić information content (AvgIpc) is 2.89. The Hall–Kier alpha value is -2.50. The number of nitrogens with one attached hydrogen (secondary N) is 2. The minimum absolute atomic E-state index is 0.0381. The highest BCUT2D eigenvalue weighted by atomic mass is 16.5. The van der Waals surface area contributed by atoms with Crippen molar-refractivity contribution in [3.63, 3.8) is 0 Å². The topological polar surface area (TPSA) is 68.2 Å². The number of benzene rings is 1. The molecule has 0 aliphatic carbocycles. The van der Waals surface area contributed by atoms with Crippen molar-refractivity contribution in [2.45, 2.75) is 39.2 Å². The summed E-state index contributed by atoms with van der Waals surface area (Å²) < 4.78 is 7.46. The molecule has 128 valence electrons. The molecule has 0 bridgehead atoms. The van der Waals surface area contributed by atoms with Gasteiger partial charge in [0.15, 0.2) is 0 Å². The van der Waals surface area contributed by atoms with Gasteiger partial charge >= 0.3 is 6.03 Å². The van der Waals surface area contributed by atoms with Crippen molar-refractivity contribution in [2.75, 3.05) is 11.9 Å². The van der Waals surface area contributed by atoms with E-state index in [-0.39, 0.29) is 12.1 Å². The molecule has 0 saturated heterocycles. The first-order chi connectivity index (χ1) is 11.6. The molecule has 2 N–H and O–H groups in total. The number of anilines is 1. The van der Waals surface area contributed by atoms with Gasteiger partial charge in [0.05, 0.1) is 11.7 Å². The van der Waals surface area contributed by atoms with E-state index in [4.69, 9.17) is 4.74 Å². The third-order valence-electron chi connectivity index (χ3n) is 4.36. The zero-order chi connectivity index (χ0) is 17.1. The molecule has 0 radical (unpaired) electrons. The Kier molecular flexibility index (Phi) is 4.74. The fraction of sp³-hybridized carbons (Fsp3) is 0.444. The highest BCUT2D eigenvalue weighted by molar-refractivity contribution is 5.89. The van der Waals surface area contributed by atoms with Crippen molar-refractivity contribution in [2.24, 2.45) is 7.05 Å². The van der Waals surface area contributed by atoms with Gasteiger partial charge in [0.25, 0.3) is 0 Å². The summed E-state index contributed by atoms with van der Waals surface area (Å²) in [6.07, 6.45) is 2.47. The van der Waals surface area contributed by atoms with Gasteiger partial charge in [-0.05, 0) is 30.9 Å². The normalized spacial score (nSPS) is 16.2. The number of nitrogens with zero attached hydrogens (tertiary/aromatic N) is 2. The van der Waals surface area contributed by atoms with Gasteiger partial charge in [-0.1, -0.05) is 32.0 Å². The summed E-state index contributed by atoms with van der Waals surface area (Å²) in [7, 11) is 1.86. The Morgan fingerprint density at radius 3 is 2.88 bits per heavy atom. The van der Waals surface area contributed by atoms with Gasteiger partial charge < -0.3 is 10.1 Å². The maximum Gasteiger partial charge on any atom is 0.320 e. The van der Waals surface area contributed by atoms with E-state index in [1.54, 1.807) is 4.68 Å². The molecule has 6 heteroatoms. The summed E-state index contributed by atoms with van der Waals surface area (Å²) in [6, 6.07) is 7.68. The number of carbonyl (C=O) groups excluding carboxylic acids is 1. The van der Waals surface area contributed by atoms with Crippen molar-refractivity contribution in [1.29, 1.82) is 0 Å². The third-order valence-corrected chi connectivity index (χ3v) is 4.36. The molecule has 1 aromatic carbocycles. The van der Waals surface area contributed by atoms with E-state index in [2.05, 4.69) is 29.6 Å². The van der Waals surface area contributed by atoms with Gasteiger partial charge in [0, 0.05) is 12.6 Å². The van der Waals surface area contributed by atoms with Crippen LogP contribution in [0.1, 0.15) is 30.7 Å². The van der Waals surface area contributed by atoms with Crippen LogP contribution in [0.25, 0.3) is 0 Å². The lowest BCUT2D eigenvalue weighted by atomic mass is 10.0. The second kappa shape index (κ2) is 6.95. The molecule has 6 nitrogen and oxygen atoms in total. The quantitative estimate of drug-likeness (QED) is 0.907.